The van der Waals surface area contributed by atoms with Crippen molar-refractivity contribution in [3.63, 3.8) is 0 Å². The second-order valence-electron chi connectivity index (χ2n) is 4.90. The minimum atomic E-state index is -0.908. The molecule has 0 unspecified atom stereocenters. The molecular weight excluding hydrogens is 249 g/mol. The van der Waals surface area contributed by atoms with Crippen LogP contribution in [0.5, 0.6) is 0 Å². The third-order valence-corrected chi connectivity index (χ3v) is 3.44. The highest BCUT2D eigenvalue weighted by atomic mass is 19.1. The third-order valence-electron chi connectivity index (χ3n) is 3.44. The van der Waals surface area contributed by atoms with Crippen molar-refractivity contribution in [3.05, 3.63) is 35.1 Å². The van der Waals surface area contributed by atoms with Crippen molar-refractivity contribution >= 4 is 11.9 Å². The Bertz CT molecular complexity index is 515. The Labute approximate surface area is 110 Å². The average Bonchev–Trinajstić information content (AvgIpc) is 3.12. The Kier molecular flexibility index (Phi) is 3.83. The fourth-order valence-corrected chi connectivity index (χ4v) is 2.15. The van der Waals surface area contributed by atoms with Gasteiger partial charge in [-0.2, -0.15) is 0 Å². The first-order chi connectivity index (χ1) is 8.99. The van der Waals surface area contributed by atoms with E-state index in [0.29, 0.717) is 19.4 Å². The number of nitrogens with one attached hydrogen (secondary N) is 1. The lowest BCUT2D eigenvalue weighted by Crippen LogP contribution is -2.28. The number of amides is 1. The SMILES string of the molecule is Cc1cc(F)ccc1CCNC(=O)[C@H]1C[C@@H]1C(=O)O. The summed E-state index contributed by atoms with van der Waals surface area (Å²) >= 11 is 0. The van der Waals surface area contributed by atoms with Crippen LogP contribution in [-0.2, 0) is 16.0 Å². The lowest BCUT2D eigenvalue weighted by atomic mass is 10.1. The predicted molar refractivity (Wildman–Crippen MR) is 67.1 cm³/mol. The minimum Gasteiger partial charge on any atom is -0.481 e. The van der Waals surface area contributed by atoms with Gasteiger partial charge in [-0.25, -0.2) is 4.39 Å². The Balaban J connectivity index is 1.78. The van der Waals surface area contributed by atoms with Gasteiger partial charge in [0.2, 0.25) is 5.91 Å². The molecule has 1 saturated carbocycles. The van der Waals surface area contributed by atoms with E-state index in [0.717, 1.165) is 11.1 Å². The van der Waals surface area contributed by atoms with Gasteiger partial charge in [-0.3, -0.25) is 9.59 Å². The van der Waals surface area contributed by atoms with Gasteiger partial charge in [-0.05, 0) is 43.0 Å². The predicted octanol–water partition coefficient (Wildman–Crippen LogP) is 1.51. The molecule has 1 fully saturated rings. The summed E-state index contributed by atoms with van der Waals surface area (Å²) in [5, 5.41) is 11.4. The van der Waals surface area contributed by atoms with Crippen molar-refractivity contribution in [2.45, 2.75) is 19.8 Å². The van der Waals surface area contributed by atoms with E-state index in [1.165, 1.54) is 12.1 Å². The van der Waals surface area contributed by atoms with Crippen LogP contribution in [0.4, 0.5) is 4.39 Å². The van der Waals surface area contributed by atoms with Crippen molar-refractivity contribution in [3.8, 4) is 0 Å². The van der Waals surface area contributed by atoms with E-state index in [-0.39, 0.29) is 17.6 Å². The zero-order valence-electron chi connectivity index (χ0n) is 10.6. The zero-order valence-corrected chi connectivity index (χ0v) is 10.6. The van der Waals surface area contributed by atoms with Crippen LogP contribution in [0.3, 0.4) is 0 Å². The summed E-state index contributed by atoms with van der Waals surface area (Å²) in [5.41, 5.74) is 1.83. The highest BCUT2D eigenvalue weighted by Gasteiger charge is 2.48. The number of aliphatic carboxylic acids is 1. The zero-order chi connectivity index (χ0) is 14.0. The van der Waals surface area contributed by atoms with Crippen molar-refractivity contribution in [2.24, 2.45) is 11.8 Å². The highest BCUT2D eigenvalue weighted by Crippen LogP contribution is 2.38. The molecular formula is C14H16FNO3. The van der Waals surface area contributed by atoms with E-state index in [9.17, 15) is 14.0 Å². The number of rotatable bonds is 5. The van der Waals surface area contributed by atoms with Crippen molar-refractivity contribution in [1.29, 1.82) is 0 Å². The average molecular weight is 265 g/mol. The van der Waals surface area contributed by atoms with E-state index in [4.69, 9.17) is 5.11 Å². The summed E-state index contributed by atoms with van der Waals surface area (Å²) < 4.78 is 12.9. The summed E-state index contributed by atoms with van der Waals surface area (Å²) in [6, 6.07) is 4.55. The van der Waals surface area contributed by atoms with Crippen LogP contribution in [0.2, 0.25) is 0 Å². The van der Waals surface area contributed by atoms with Gasteiger partial charge in [-0.15, -0.1) is 0 Å². The van der Waals surface area contributed by atoms with Crippen LogP contribution in [0, 0.1) is 24.6 Å². The Hall–Kier alpha value is -1.91. The fourth-order valence-electron chi connectivity index (χ4n) is 2.15. The molecule has 0 bridgehead atoms. The number of carbonyl (C=O) groups is 2. The van der Waals surface area contributed by atoms with E-state index in [1.54, 1.807) is 6.07 Å². The lowest BCUT2D eigenvalue weighted by molar-refractivity contribution is -0.140. The van der Waals surface area contributed by atoms with Crippen LogP contribution in [0.15, 0.2) is 18.2 Å². The van der Waals surface area contributed by atoms with Gasteiger partial charge in [-0.1, -0.05) is 6.07 Å². The van der Waals surface area contributed by atoms with Gasteiger partial charge in [0.1, 0.15) is 5.82 Å². The molecule has 1 aromatic carbocycles. The van der Waals surface area contributed by atoms with E-state index in [2.05, 4.69) is 5.32 Å². The molecule has 0 aromatic heterocycles. The van der Waals surface area contributed by atoms with Gasteiger partial charge in [0.25, 0.3) is 0 Å². The Morgan fingerprint density at radius 1 is 1.42 bits per heavy atom. The van der Waals surface area contributed by atoms with Gasteiger partial charge in [0.05, 0.1) is 11.8 Å². The summed E-state index contributed by atoms with van der Waals surface area (Å²) in [7, 11) is 0. The van der Waals surface area contributed by atoms with Crippen molar-refractivity contribution < 1.29 is 19.1 Å². The number of aryl methyl sites for hydroxylation is 1. The van der Waals surface area contributed by atoms with Crippen LogP contribution in [0.1, 0.15) is 17.5 Å². The summed E-state index contributed by atoms with van der Waals surface area (Å²) in [5.74, 6) is -2.28. The van der Waals surface area contributed by atoms with Crippen molar-refractivity contribution in [2.75, 3.05) is 6.54 Å². The normalized spacial score (nSPS) is 20.9. The van der Waals surface area contributed by atoms with Gasteiger partial charge in [0.15, 0.2) is 0 Å². The number of carboxylic acids is 1. The standard InChI is InChI=1S/C14H16FNO3/c1-8-6-10(15)3-2-9(8)4-5-16-13(17)11-7-12(11)14(18)19/h2-3,6,11-12H,4-5,7H2,1H3,(H,16,17)(H,18,19)/t11-,12-/m0/s1. The van der Waals surface area contributed by atoms with E-state index in [1.807, 2.05) is 6.92 Å². The molecule has 2 rings (SSSR count). The maximum absolute atomic E-state index is 12.9. The molecule has 2 atom stereocenters. The second-order valence-corrected chi connectivity index (χ2v) is 4.90. The molecule has 0 heterocycles. The third kappa shape index (κ3) is 3.30. The molecule has 1 aliphatic carbocycles. The molecule has 1 aromatic rings. The van der Waals surface area contributed by atoms with Gasteiger partial charge < -0.3 is 10.4 Å². The Morgan fingerprint density at radius 3 is 2.74 bits per heavy atom. The number of hydrogen-bond acceptors (Lipinski definition) is 2. The first kappa shape index (κ1) is 13.5. The minimum absolute atomic E-state index is 0.202. The molecule has 19 heavy (non-hydrogen) atoms. The number of carbonyl (C=O) groups excluding carboxylic acids is 1. The first-order valence-corrected chi connectivity index (χ1v) is 6.24. The molecule has 0 radical (unpaired) electrons. The van der Waals surface area contributed by atoms with Gasteiger partial charge in [0, 0.05) is 6.54 Å². The van der Waals surface area contributed by atoms with Crippen molar-refractivity contribution in [1.82, 2.24) is 5.32 Å². The summed E-state index contributed by atoms with van der Waals surface area (Å²) in [4.78, 5) is 22.2. The van der Waals surface area contributed by atoms with Crippen LogP contribution in [-0.4, -0.2) is 23.5 Å². The number of hydrogen-bond donors (Lipinski definition) is 2. The molecule has 0 spiro atoms. The molecule has 2 N–H and O–H groups in total. The molecule has 0 aliphatic heterocycles. The van der Waals surface area contributed by atoms with E-state index < -0.39 is 11.9 Å². The maximum atomic E-state index is 12.9. The summed E-state index contributed by atoms with van der Waals surface area (Å²) in [6.07, 6.45) is 1.04. The lowest BCUT2D eigenvalue weighted by Gasteiger charge is -2.07. The van der Waals surface area contributed by atoms with Crippen LogP contribution < -0.4 is 5.32 Å². The van der Waals surface area contributed by atoms with Crippen LogP contribution >= 0.6 is 0 Å². The molecule has 1 aliphatic rings. The molecule has 1 amide bonds. The Morgan fingerprint density at radius 2 is 2.16 bits per heavy atom. The first-order valence-electron chi connectivity index (χ1n) is 6.24. The number of halogens is 1. The molecule has 0 saturated heterocycles. The number of benzene rings is 1. The summed E-state index contributed by atoms with van der Waals surface area (Å²) in [6.45, 7) is 2.26. The van der Waals surface area contributed by atoms with E-state index >= 15 is 0 Å². The van der Waals surface area contributed by atoms with Crippen LogP contribution in [0.25, 0.3) is 0 Å². The largest absolute Gasteiger partial charge is 0.481 e. The maximum Gasteiger partial charge on any atom is 0.307 e. The molecule has 5 heteroatoms. The van der Waals surface area contributed by atoms with Gasteiger partial charge >= 0.3 is 5.97 Å². The topological polar surface area (TPSA) is 66.4 Å². The molecule has 102 valence electrons. The molecule has 4 nitrogen and oxygen atoms in total. The second kappa shape index (κ2) is 5.38. The highest BCUT2D eigenvalue weighted by molar-refractivity contribution is 5.89. The quantitative estimate of drug-likeness (QED) is 0.848. The fraction of sp³-hybridized carbons (Fsp3) is 0.429. The monoisotopic (exact) mass is 265 g/mol. The smallest absolute Gasteiger partial charge is 0.307 e. The number of carboxylic acid groups (broad SMARTS) is 1.